The first kappa shape index (κ1) is 15.8. The van der Waals surface area contributed by atoms with E-state index in [0.29, 0.717) is 5.56 Å². The van der Waals surface area contributed by atoms with Crippen molar-refractivity contribution in [2.75, 3.05) is 13.4 Å². The van der Waals surface area contributed by atoms with Gasteiger partial charge in [0.05, 0.1) is 13.4 Å². The molecule has 0 radical (unpaired) electrons. The summed E-state index contributed by atoms with van der Waals surface area (Å²) < 4.78 is 32.2. The molecule has 0 aliphatic rings. The third kappa shape index (κ3) is 3.93. The Balaban J connectivity index is 2.30. The summed E-state index contributed by atoms with van der Waals surface area (Å²) in [4.78, 5) is 0. The molecule has 0 aliphatic carbocycles. The van der Waals surface area contributed by atoms with E-state index in [1.807, 2.05) is 30.3 Å². The molecule has 0 saturated carbocycles. The molecular weight excluding hydrogens is 292 g/mol. The van der Waals surface area contributed by atoms with Crippen LogP contribution < -0.4 is 4.74 Å². The van der Waals surface area contributed by atoms with Gasteiger partial charge in [-0.15, -0.1) is 0 Å². The molecule has 21 heavy (non-hydrogen) atoms. The third-order valence-corrected chi connectivity index (χ3v) is 3.84. The highest BCUT2D eigenvalue weighted by Crippen LogP contribution is 2.26. The lowest BCUT2D eigenvalue weighted by molar-refractivity contribution is 0.0515. The zero-order chi connectivity index (χ0) is 15.6. The van der Waals surface area contributed by atoms with E-state index in [0.717, 1.165) is 22.8 Å². The Morgan fingerprint density at radius 2 is 1.71 bits per heavy atom. The van der Waals surface area contributed by atoms with E-state index in [1.54, 1.807) is 13.2 Å². The van der Waals surface area contributed by atoms with E-state index < -0.39 is 22.3 Å². The monoisotopic (exact) mass is 310 g/mol. The molecule has 5 nitrogen and oxygen atoms in total. The summed E-state index contributed by atoms with van der Waals surface area (Å²) in [6.45, 7) is 1.52. The summed E-state index contributed by atoms with van der Waals surface area (Å²) in [6.07, 6.45) is -0.912. The Kier molecular flexibility index (Phi) is 4.51. The largest absolute Gasteiger partial charge is 0.497 e. The van der Waals surface area contributed by atoms with Crippen LogP contribution in [0, 0.1) is 0 Å². The van der Waals surface area contributed by atoms with Crippen LogP contribution in [-0.4, -0.2) is 33.0 Å². The molecule has 0 bridgehead atoms. The number of ether oxygens (including phenoxy) is 1. The van der Waals surface area contributed by atoms with Crippen molar-refractivity contribution in [2.45, 2.75) is 19.1 Å². The first-order chi connectivity index (χ1) is 9.80. The van der Waals surface area contributed by atoms with Crippen LogP contribution in [0.3, 0.4) is 0 Å². The fourth-order valence-electron chi connectivity index (χ4n) is 2.15. The topological polar surface area (TPSA) is 72.8 Å². The Labute approximate surface area is 124 Å². The van der Waals surface area contributed by atoms with Crippen molar-refractivity contribution < 1.29 is 22.4 Å². The number of rotatable bonds is 5. The second kappa shape index (κ2) is 6.01. The van der Waals surface area contributed by atoms with Crippen LogP contribution in [0.1, 0.15) is 18.6 Å². The minimum Gasteiger partial charge on any atom is -0.497 e. The molecule has 1 N–H and O–H groups in total. The molecule has 2 rings (SSSR count). The van der Waals surface area contributed by atoms with Crippen molar-refractivity contribution in [3.63, 3.8) is 0 Å². The fourth-order valence-corrected chi connectivity index (χ4v) is 2.81. The maximum absolute atomic E-state index is 11.1. The van der Waals surface area contributed by atoms with E-state index >= 15 is 0 Å². The molecule has 2 aromatic rings. The standard InChI is InChI=1S/C15H18O5S/c1-10(20-21(3,17)18)15(16)13-5-4-12-9-14(19-2)7-6-11(12)8-13/h4-10,15-16H,1-3H3/t10?,15-/m0/s1. The molecule has 0 saturated heterocycles. The van der Waals surface area contributed by atoms with E-state index in [1.165, 1.54) is 6.92 Å². The van der Waals surface area contributed by atoms with Gasteiger partial charge in [0.2, 0.25) is 0 Å². The van der Waals surface area contributed by atoms with Crippen molar-refractivity contribution in [1.29, 1.82) is 0 Å². The summed E-state index contributed by atoms with van der Waals surface area (Å²) in [5.41, 5.74) is 0.601. The van der Waals surface area contributed by atoms with Crippen molar-refractivity contribution in [1.82, 2.24) is 0 Å². The van der Waals surface area contributed by atoms with Crippen LogP contribution in [0.4, 0.5) is 0 Å². The average molecular weight is 310 g/mol. The molecule has 2 atom stereocenters. The molecular formula is C15H18O5S. The number of benzene rings is 2. The maximum Gasteiger partial charge on any atom is 0.264 e. The Morgan fingerprint density at radius 3 is 2.33 bits per heavy atom. The van der Waals surface area contributed by atoms with E-state index in [9.17, 15) is 13.5 Å². The van der Waals surface area contributed by atoms with Crippen LogP contribution in [-0.2, 0) is 14.3 Å². The SMILES string of the molecule is COc1ccc2cc([C@@H](O)C(C)OS(C)(=O)=O)ccc2c1. The predicted molar refractivity (Wildman–Crippen MR) is 80.9 cm³/mol. The zero-order valence-electron chi connectivity index (χ0n) is 12.1. The second-order valence-corrected chi connectivity index (χ2v) is 6.52. The van der Waals surface area contributed by atoms with Gasteiger partial charge in [0.25, 0.3) is 10.1 Å². The highest BCUT2D eigenvalue weighted by Gasteiger charge is 2.21. The van der Waals surface area contributed by atoms with Gasteiger partial charge in [0.15, 0.2) is 0 Å². The first-order valence-corrected chi connectivity index (χ1v) is 8.26. The molecule has 6 heteroatoms. The number of aliphatic hydroxyl groups excluding tert-OH is 1. The smallest absolute Gasteiger partial charge is 0.264 e. The average Bonchev–Trinajstić information content (AvgIpc) is 2.43. The van der Waals surface area contributed by atoms with Crippen molar-refractivity contribution in [3.05, 3.63) is 42.0 Å². The van der Waals surface area contributed by atoms with Gasteiger partial charge in [-0.2, -0.15) is 8.42 Å². The highest BCUT2D eigenvalue weighted by atomic mass is 32.2. The van der Waals surface area contributed by atoms with E-state index in [-0.39, 0.29) is 0 Å². The summed E-state index contributed by atoms with van der Waals surface area (Å²) in [5, 5.41) is 12.1. The lowest BCUT2D eigenvalue weighted by atomic mass is 10.0. The molecule has 0 amide bonds. The fraction of sp³-hybridized carbons (Fsp3) is 0.333. The molecule has 114 valence electrons. The lowest BCUT2D eigenvalue weighted by Gasteiger charge is -2.18. The maximum atomic E-state index is 11.1. The van der Waals surface area contributed by atoms with Gasteiger partial charge in [-0.05, 0) is 41.5 Å². The van der Waals surface area contributed by atoms with Crippen LogP contribution >= 0.6 is 0 Å². The van der Waals surface area contributed by atoms with Gasteiger partial charge in [-0.3, -0.25) is 4.18 Å². The number of methoxy groups -OCH3 is 1. The van der Waals surface area contributed by atoms with Crippen molar-refractivity contribution in [2.24, 2.45) is 0 Å². The quantitative estimate of drug-likeness (QED) is 0.858. The van der Waals surface area contributed by atoms with Gasteiger partial charge in [0.1, 0.15) is 18.0 Å². The molecule has 0 fully saturated rings. The second-order valence-electron chi connectivity index (χ2n) is 4.92. The zero-order valence-corrected chi connectivity index (χ0v) is 12.9. The van der Waals surface area contributed by atoms with Gasteiger partial charge < -0.3 is 9.84 Å². The van der Waals surface area contributed by atoms with Crippen LogP contribution in [0.5, 0.6) is 5.75 Å². The molecule has 0 aliphatic heterocycles. The van der Waals surface area contributed by atoms with Crippen molar-refractivity contribution >= 4 is 20.9 Å². The normalized spacial score (nSPS) is 14.9. The van der Waals surface area contributed by atoms with Gasteiger partial charge >= 0.3 is 0 Å². The van der Waals surface area contributed by atoms with E-state index in [4.69, 9.17) is 8.92 Å². The predicted octanol–water partition coefficient (Wildman–Crippen LogP) is 2.25. The lowest BCUT2D eigenvalue weighted by Crippen LogP contribution is -2.21. The third-order valence-electron chi connectivity index (χ3n) is 3.18. The molecule has 0 aromatic heterocycles. The number of fused-ring (bicyclic) bond motifs is 1. The molecule has 0 heterocycles. The Morgan fingerprint density at radius 1 is 1.10 bits per heavy atom. The summed E-state index contributed by atoms with van der Waals surface area (Å²) in [7, 11) is -2.00. The summed E-state index contributed by atoms with van der Waals surface area (Å²) in [5.74, 6) is 0.754. The van der Waals surface area contributed by atoms with Crippen LogP contribution in [0.2, 0.25) is 0 Å². The minimum atomic E-state index is -3.60. The number of hydrogen-bond acceptors (Lipinski definition) is 5. The van der Waals surface area contributed by atoms with Gasteiger partial charge in [-0.1, -0.05) is 18.2 Å². The number of hydrogen-bond donors (Lipinski definition) is 1. The van der Waals surface area contributed by atoms with Crippen LogP contribution in [0.15, 0.2) is 36.4 Å². The summed E-state index contributed by atoms with van der Waals surface area (Å²) in [6, 6.07) is 11.0. The van der Waals surface area contributed by atoms with Crippen LogP contribution in [0.25, 0.3) is 10.8 Å². The van der Waals surface area contributed by atoms with Crippen molar-refractivity contribution in [3.8, 4) is 5.75 Å². The first-order valence-electron chi connectivity index (χ1n) is 6.44. The van der Waals surface area contributed by atoms with E-state index in [2.05, 4.69) is 0 Å². The Bertz CT molecular complexity index is 739. The van der Waals surface area contributed by atoms with Gasteiger partial charge in [-0.25, -0.2) is 0 Å². The molecule has 0 spiro atoms. The molecule has 1 unspecified atom stereocenters. The van der Waals surface area contributed by atoms with Gasteiger partial charge in [0, 0.05) is 0 Å². The summed E-state index contributed by atoms with van der Waals surface area (Å²) >= 11 is 0. The Hall–Kier alpha value is -1.63. The minimum absolute atomic E-state index is 0.601. The highest BCUT2D eigenvalue weighted by molar-refractivity contribution is 7.86. The number of aliphatic hydroxyl groups is 1. The molecule has 2 aromatic carbocycles.